The molecule has 0 heterocycles. The summed E-state index contributed by atoms with van der Waals surface area (Å²) in [4.78, 5) is 12.5. The van der Waals surface area contributed by atoms with E-state index >= 15 is 0 Å². The molecule has 152 valence electrons. The summed E-state index contributed by atoms with van der Waals surface area (Å²) in [6.45, 7) is 2.03. The summed E-state index contributed by atoms with van der Waals surface area (Å²) in [5, 5.41) is 2.76. The SMILES string of the molecule is CCNS(=O)(=O)c1cc(C(=O)NCc2c(OC)cccc2OC)ccc1OC. The van der Waals surface area contributed by atoms with E-state index in [1.54, 1.807) is 25.1 Å². The molecule has 0 aliphatic rings. The van der Waals surface area contributed by atoms with Gasteiger partial charge < -0.3 is 19.5 Å². The third-order valence-electron chi connectivity index (χ3n) is 4.01. The van der Waals surface area contributed by atoms with Gasteiger partial charge >= 0.3 is 0 Å². The van der Waals surface area contributed by atoms with Crippen molar-refractivity contribution in [2.75, 3.05) is 27.9 Å². The quantitative estimate of drug-likeness (QED) is 0.657. The van der Waals surface area contributed by atoms with Crippen LogP contribution in [0, 0.1) is 0 Å². The number of ether oxygens (including phenoxy) is 3. The van der Waals surface area contributed by atoms with Crippen LogP contribution in [0.2, 0.25) is 0 Å². The summed E-state index contributed by atoms with van der Waals surface area (Å²) in [6, 6.07) is 9.54. The van der Waals surface area contributed by atoms with Gasteiger partial charge in [0.15, 0.2) is 0 Å². The van der Waals surface area contributed by atoms with E-state index in [0.717, 1.165) is 0 Å². The van der Waals surface area contributed by atoms with E-state index in [1.165, 1.54) is 39.5 Å². The minimum atomic E-state index is -3.79. The molecule has 0 aromatic heterocycles. The molecule has 2 rings (SSSR count). The van der Waals surface area contributed by atoms with Gasteiger partial charge in [-0.2, -0.15) is 0 Å². The van der Waals surface area contributed by atoms with Gasteiger partial charge in [0, 0.05) is 12.1 Å². The molecule has 1 amide bonds. The topological polar surface area (TPSA) is 103 Å². The third kappa shape index (κ3) is 4.73. The molecular formula is C19H24N2O6S. The van der Waals surface area contributed by atoms with E-state index in [1.807, 2.05) is 0 Å². The molecular weight excluding hydrogens is 384 g/mol. The highest BCUT2D eigenvalue weighted by Gasteiger charge is 2.21. The zero-order valence-corrected chi connectivity index (χ0v) is 17.1. The van der Waals surface area contributed by atoms with Crippen LogP contribution in [0.1, 0.15) is 22.8 Å². The number of benzene rings is 2. The van der Waals surface area contributed by atoms with Crippen LogP contribution in [0.3, 0.4) is 0 Å². The molecule has 8 nitrogen and oxygen atoms in total. The number of methoxy groups -OCH3 is 3. The van der Waals surface area contributed by atoms with E-state index in [9.17, 15) is 13.2 Å². The Morgan fingerprint density at radius 2 is 1.57 bits per heavy atom. The smallest absolute Gasteiger partial charge is 0.251 e. The molecule has 0 saturated carbocycles. The summed E-state index contributed by atoms with van der Waals surface area (Å²) in [5.41, 5.74) is 0.862. The Balaban J connectivity index is 2.29. The van der Waals surface area contributed by atoms with Crippen molar-refractivity contribution >= 4 is 15.9 Å². The summed E-state index contributed by atoms with van der Waals surface area (Å²) >= 11 is 0. The average molecular weight is 408 g/mol. The maximum Gasteiger partial charge on any atom is 0.251 e. The number of hydrogen-bond donors (Lipinski definition) is 2. The number of carbonyl (C=O) groups is 1. The van der Waals surface area contributed by atoms with Crippen LogP contribution in [0.5, 0.6) is 17.2 Å². The van der Waals surface area contributed by atoms with Crippen molar-refractivity contribution in [2.24, 2.45) is 0 Å². The molecule has 0 atom stereocenters. The Kier molecular flexibility index (Phi) is 7.24. The van der Waals surface area contributed by atoms with E-state index in [2.05, 4.69) is 10.0 Å². The van der Waals surface area contributed by atoms with Crippen molar-refractivity contribution in [2.45, 2.75) is 18.4 Å². The Morgan fingerprint density at radius 3 is 2.11 bits per heavy atom. The molecule has 0 unspecified atom stereocenters. The lowest BCUT2D eigenvalue weighted by atomic mass is 10.1. The number of amides is 1. The van der Waals surface area contributed by atoms with Crippen molar-refractivity contribution < 1.29 is 27.4 Å². The number of rotatable bonds is 9. The van der Waals surface area contributed by atoms with Crippen LogP contribution in [-0.4, -0.2) is 42.2 Å². The monoisotopic (exact) mass is 408 g/mol. The van der Waals surface area contributed by atoms with Crippen molar-refractivity contribution in [3.63, 3.8) is 0 Å². The molecule has 28 heavy (non-hydrogen) atoms. The van der Waals surface area contributed by atoms with Crippen molar-refractivity contribution in [3.05, 3.63) is 47.5 Å². The predicted octanol–water partition coefficient (Wildman–Crippen LogP) is 1.94. The molecule has 0 aliphatic heterocycles. The minimum absolute atomic E-state index is 0.0978. The molecule has 0 radical (unpaired) electrons. The fourth-order valence-corrected chi connectivity index (χ4v) is 3.90. The Hall–Kier alpha value is -2.78. The van der Waals surface area contributed by atoms with E-state index < -0.39 is 15.9 Å². The fraction of sp³-hybridized carbons (Fsp3) is 0.316. The second-order valence-corrected chi connectivity index (χ2v) is 7.43. The zero-order valence-electron chi connectivity index (χ0n) is 16.2. The van der Waals surface area contributed by atoms with Gasteiger partial charge in [-0.3, -0.25) is 4.79 Å². The van der Waals surface area contributed by atoms with Crippen LogP contribution < -0.4 is 24.2 Å². The maximum atomic E-state index is 12.6. The first-order valence-electron chi connectivity index (χ1n) is 8.53. The summed E-state index contributed by atoms with van der Waals surface area (Å²) in [6.07, 6.45) is 0. The first-order valence-corrected chi connectivity index (χ1v) is 10.0. The number of nitrogens with one attached hydrogen (secondary N) is 2. The fourth-order valence-electron chi connectivity index (χ4n) is 2.67. The van der Waals surface area contributed by atoms with Crippen LogP contribution in [0.25, 0.3) is 0 Å². The van der Waals surface area contributed by atoms with Gasteiger partial charge in [0.1, 0.15) is 22.1 Å². The minimum Gasteiger partial charge on any atom is -0.496 e. The largest absolute Gasteiger partial charge is 0.496 e. The highest BCUT2D eigenvalue weighted by atomic mass is 32.2. The highest BCUT2D eigenvalue weighted by molar-refractivity contribution is 7.89. The molecule has 2 aromatic rings. The van der Waals surface area contributed by atoms with Gasteiger partial charge in [-0.05, 0) is 30.3 Å². The number of sulfonamides is 1. The standard InChI is InChI=1S/C19H24N2O6S/c1-5-21-28(23,24)18-11-13(9-10-17(18)27-4)19(22)20-12-14-15(25-2)7-6-8-16(14)26-3/h6-11,21H,5,12H2,1-4H3,(H,20,22). The summed E-state index contributed by atoms with van der Waals surface area (Å²) < 4.78 is 42.9. The van der Waals surface area contributed by atoms with E-state index in [4.69, 9.17) is 14.2 Å². The molecule has 2 aromatic carbocycles. The zero-order chi connectivity index (χ0) is 20.7. The average Bonchev–Trinajstić information content (AvgIpc) is 2.71. The Morgan fingerprint density at radius 1 is 0.964 bits per heavy atom. The molecule has 0 fully saturated rings. The van der Waals surface area contributed by atoms with Crippen molar-refractivity contribution in [1.82, 2.24) is 10.0 Å². The van der Waals surface area contributed by atoms with Gasteiger partial charge in [-0.15, -0.1) is 0 Å². The van der Waals surface area contributed by atoms with E-state index in [-0.39, 0.29) is 29.3 Å². The Bertz CT molecular complexity index is 921. The lowest BCUT2D eigenvalue weighted by molar-refractivity contribution is 0.0950. The highest BCUT2D eigenvalue weighted by Crippen LogP contribution is 2.28. The summed E-state index contributed by atoms with van der Waals surface area (Å²) in [5.74, 6) is 0.863. The third-order valence-corrected chi connectivity index (χ3v) is 5.57. The predicted molar refractivity (Wildman–Crippen MR) is 105 cm³/mol. The number of carbonyl (C=O) groups excluding carboxylic acids is 1. The lowest BCUT2D eigenvalue weighted by Gasteiger charge is -2.14. The van der Waals surface area contributed by atoms with Gasteiger partial charge in [-0.25, -0.2) is 13.1 Å². The summed E-state index contributed by atoms with van der Waals surface area (Å²) in [7, 11) is 0.635. The van der Waals surface area contributed by atoms with Gasteiger partial charge in [0.25, 0.3) is 5.91 Å². The van der Waals surface area contributed by atoms with Gasteiger partial charge in [-0.1, -0.05) is 13.0 Å². The van der Waals surface area contributed by atoms with Crippen LogP contribution in [-0.2, 0) is 16.6 Å². The first kappa shape index (κ1) is 21.5. The second kappa shape index (κ2) is 9.43. The van der Waals surface area contributed by atoms with Crippen LogP contribution in [0.4, 0.5) is 0 Å². The molecule has 0 saturated heterocycles. The molecule has 0 spiro atoms. The van der Waals surface area contributed by atoms with Crippen molar-refractivity contribution in [1.29, 1.82) is 0 Å². The van der Waals surface area contributed by atoms with Gasteiger partial charge in [0.05, 0.1) is 33.4 Å². The van der Waals surface area contributed by atoms with Crippen LogP contribution in [0.15, 0.2) is 41.3 Å². The lowest BCUT2D eigenvalue weighted by Crippen LogP contribution is -2.26. The molecule has 0 bridgehead atoms. The number of hydrogen-bond acceptors (Lipinski definition) is 6. The first-order chi connectivity index (χ1) is 13.4. The Labute approximate surface area is 164 Å². The molecule has 2 N–H and O–H groups in total. The second-order valence-electron chi connectivity index (χ2n) is 5.69. The normalized spacial score (nSPS) is 11.0. The molecule has 0 aliphatic carbocycles. The van der Waals surface area contributed by atoms with Crippen LogP contribution >= 0.6 is 0 Å². The van der Waals surface area contributed by atoms with Crippen molar-refractivity contribution in [3.8, 4) is 17.2 Å². The molecule has 9 heteroatoms. The maximum absolute atomic E-state index is 12.6. The van der Waals surface area contributed by atoms with E-state index in [0.29, 0.717) is 17.1 Å². The van der Waals surface area contributed by atoms with Gasteiger partial charge in [0.2, 0.25) is 10.0 Å².